The molecule has 3 heterocycles. The van der Waals surface area contributed by atoms with Gasteiger partial charge in [-0.05, 0) is 74.6 Å². The van der Waals surface area contributed by atoms with E-state index in [1.165, 1.54) is 30.0 Å². The van der Waals surface area contributed by atoms with E-state index in [1.54, 1.807) is 0 Å². The number of phenolic OH excluding ortho intramolecular Hbond substituents is 2. The highest BCUT2D eigenvalue weighted by Crippen LogP contribution is 2.36. The van der Waals surface area contributed by atoms with Crippen molar-refractivity contribution in [3.63, 3.8) is 0 Å². The number of aromatic hydroxyl groups is 2. The summed E-state index contributed by atoms with van der Waals surface area (Å²) in [6.07, 6.45) is 14.5. The van der Waals surface area contributed by atoms with Crippen LogP contribution in [0.2, 0.25) is 0 Å². The Morgan fingerprint density at radius 1 is 1.00 bits per heavy atom. The van der Waals surface area contributed by atoms with E-state index in [0.29, 0.717) is 24.4 Å². The average Bonchev–Trinajstić information content (AvgIpc) is 3.70. The maximum Gasteiger partial charge on any atom is 0.237 e. The van der Waals surface area contributed by atoms with Crippen molar-refractivity contribution in [3.05, 3.63) is 78.4 Å². The van der Waals surface area contributed by atoms with E-state index < -0.39 is 11.6 Å². The van der Waals surface area contributed by atoms with Gasteiger partial charge in [-0.2, -0.15) is 0 Å². The lowest BCUT2D eigenvalue weighted by atomic mass is 9.86. The summed E-state index contributed by atoms with van der Waals surface area (Å²) in [6.45, 7) is 1.56. The van der Waals surface area contributed by atoms with Crippen LogP contribution in [0.4, 0.5) is 4.39 Å². The van der Waals surface area contributed by atoms with Gasteiger partial charge in [0.25, 0.3) is 0 Å². The van der Waals surface area contributed by atoms with Gasteiger partial charge in [0.2, 0.25) is 5.91 Å². The minimum atomic E-state index is -0.826. The fourth-order valence-corrected chi connectivity index (χ4v) is 7.36. The number of phenols is 2. The molecule has 0 bridgehead atoms. The molecule has 0 spiro atoms. The van der Waals surface area contributed by atoms with Crippen molar-refractivity contribution in [2.24, 2.45) is 11.8 Å². The van der Waals surface area contributed by atoms with Crippen molar-refractivity contribution >= 4 is 16.9 Å². The van der Waals surface area contributed by atoms with E-state index in [1.807, 2.05) is 23.3 Å². The number of nitrogens with zero attached hydrogens (tertiary/aromatic N) is 3. The number of pyridine rings is 1. The van der Waals surface area contributed by atoms with Gasteiger partial charge in [0, 0.05) is 60.0 Å². The largest absolute Gasteiger partial charge is 0.508 e. The summed E-state index contributed by atoms with van der Waals surface area (Å²) in [7, 11) is 0. The highest BCUT2D eigenvalue weighted by atomic mass is 19.1. The molecule has 2 atom stereocenters. The molecule has 2 aromatic heterocycles. The summed E-state index contributed by atoms with van der Waals surface area (Å²) in [4.78, 5) is 18.5. The number of carbonyl (C=O) groups is 1. The van der Waals surface area contributed by atoms with Crippen molar-refractivity contribution in [3.8, 4) is 22.6 Å². The van der Waals surface area contributed by atoms with Gasteiger partial charge in [-0.25, -0.2) is 14.4 Å². The van der Waals surface area contributed by atoms with Crippen LogP contribution >= 0.6 is 0 Å². The number of rotatable bonds is 11. The third-order valence-electron chi connectivity index (χ3n) is 9.65. The molecular formula is C36H43FN4O3. The van der Waals surface area contributed by atoms with Crippen LogP contribution in [0, 0.1) is 17.7 Å². The number of hydrogen-bond donors (Lipinski definition) is 3. The molecular weight excluding hydrogens is 555 g/mol. The van der Waals surface area contributed by atoms with E-state index in [0.717, 1.165) is 75.0 Å². The number of hydrazine groups is 1. The molecule has 0 radical (unpaired) electrons. The molecule has 3 N–H and O–H groups in total. The number of piperidine rings is 1. The number of aromatic nitrogens is 2. The molecule has 6 rings (SSSR count). The minimum Gasteiger partial charge on any atom is -0.508 e. The van der Waals surface area contributed by atoms with E-state index in [2.05, 4.69) is 46.5 Å². The molecule has 44 heavy (non-hydrogen) atoms. The number of aryl methyl sites for hydroxylation is 1. The maximum atomic E-state index is 14.1. The molecule has 4 aromatic rings. The Bertz CT molecular complexity index is 1570. The van der Waals surface area contributed by atoms with Crippen LogP contribution in [0.5, 0.6) is 11.5 Å². The van der Waals surface area contributed by atoms with Gasteiger partial charge in [-0.1, -0.05) is 56.0 Å². The van der Waals surface area contributed by atoms with Gasteiger partial charge in [0.05, 0.1) is 0 Å². The number of fused-ring (bicyclic) bond motifs is 1. The summed E-state index contributed by atoms with van der Waals surface area (Å²) in [5.74, 6) is -1.04. The monoisotopic (exact) mass is 598 g/mol. The molecule has 1 aliphatic heterocycles. The number of benzene rings is 2. The van der Waals surface area contributed by atoms with Gasteiger partial charge in [-0.15, -0.1) is 0 Å². The van der Waals surface area contributed by atoms with Gasteiger partial charge >= 0.3 is 0 Å². The molecule has 2 unspecified atom stereocenters. The molecule has 232 valence electrons. The van der Waals surface area contributed by atoms with Crippen LogP contribution in [-0.2, 0) is 17.8 Å². The smallest absolute Gasteiger partial charge is 0.237 e. The Morgan fingerprint density at radius 3 is 2.61 bits per heavy atom. The molecule has 2 fully saturated rings. The van der Waals surface area contributed by atoms with E-state index >= 15 is 0 Å². The summed E-state index contributed by atoms with van der Waals surface area (Å²) < 4.78 is 16.3. The zero-order valence-electron chi connectivity index (χ0n) is 25.3. The standard InChI is InChI=1S/C36H43FN4O3/c37-33-23-29(42)22-27(34(33)43)21-28-15-6-9-20-41(28)39-36(44)30(25-13-4-5-14-25)16-7-8-19-40-24-32(26-11-2-1-3-12-26)31-17-10-18-38-35(31)40/h1-3,10-12,17-18,22-25,28,30,42-43H,4-9,13-16,19-21H2,(H,39,44). The lowest BCUT2D eigenvalue weighted by molar-refractivity contribution is -0.134. The van der Waals surface area contributed by atoms with Gasteiger partial charge in [0.15, 0.2) is 11.6 Å². The molecule has 2 aromatic carbocycles. The predicted molar refractivity (Wildman–Crippen MR) is 170 cm³/mol. The molecule has 2 aliphatic rings. The van der Waals surface area contributed by atoms with Crippen molar-refractivity contribution in [1.82, 2.24) is 20.0 Å². The minimum absolute atomic E-state index is 0.0499. The summed E-state index contributed by atoms with van der Waals surface area (Å²) >= 11 is 0. The second kappa shape index (κ2) is 13.8. The number of nitrogens with one attached hydrogen (secondary N) is 1. The fourth-order valence-electron chi connectivity index (χ4n) is 7.36. The van der Waals surface area contributed by atoms with Crippen LogP contribution in [0.15, 0.2) is 67.0 Å². The van der Waals surface area contributed by atoms with Crippen molar-refractivity contribution < 1.29 is 19.4 Å². The topological polar surface area (TPSA) is 90.6 Å². The average molecular weight is 599 g/mol. The molecule has 1 aliphatic carbocycles. The van der Waals surface area contributed by atoms with Crippen LogP contribution in [-0.4, -0.2) is 43.3 Å². The second-order valence-corrected chi connectivity index (χ2v) is 12.6. The molecule has 7 nitrogen and oxygen atoms in total. The lowest BCUT2D eigenvalue weighted by Crippen LogP contribution is -2.53. The summed E-state index contributed by atoms with van der Waals surface area (Å²) in [5.41, 5.74) is 6.99. The molecule has 1 saturated heterocycles. The predicted octanol–water partition coefficient (Wildman–Crippen LogP) is 7.36. The quantitative estimate of drug-likeness (QED) is 0.124. The summed E-state index contributed by atoms with van der Waals surface area (Å²) in [6, 6.07) is 16.8. The SMILES string of the molecule is O=C(NN1CCCCC1Cc1cc(O)cc(F)c1O)C(CCCCn1cc(-c2ccccc2)c2cccnc21)C1CCCC1. The number of hydrogen-bond acceptors (Lipinski definition) is 5. The van der Waals surface area contributed by atoms with E-state index in [-0.39, 0.29) is 23.6 Å². The van der Waals surface area contributed by atoms with Gasteiger partial charge in [0.1, 0.15) is 11.4 Å². The van der Waals surface area contributed by atoms with Gasteiger partial charge in [-0.3, -0.25) is 10.2 Å². The van der Waals surface area contributed by atoms with Gasteiger partial charge < -0.3 is 14.8 Å². The Kier molecular flexibility index (Phi) is 9.45. The number of halogens is 1. The van der Waals surface area contributed by atoms with Crippen LogP contribution in [0.25, 0.3) is 22.2 Å². The molecule has 1 amide bonds. The summed E-state index contributed by atoms with van der Waals surface area (Å²) in [5, 5.41) is 23.3. The highest BCUT2D eigenvalue weighted by Gasteiger charge is 2.33. The zero-order valence-corrected chi connectivity index (χ0v) is 25.3. The lowest BCUT2D eigenvalue weighted by Gasteiger charge is -2.37. The Balaban J connectivity index is 1.11. The van der Waals surface area contributed by atoms with Crippen LogP contribution in [0.1, 0.15) is 69.8 Å². The normalized spacial score (nSPS) is 18.5. The van der Waals surface area contributed by atoms with Crippen molar-refractivity contribution in [2.75, 3.05) is 6.54 Å². The van der Waals surface area contributed by atoms with E-state index in [9.17, 15) is 19.4 Å². The maximum absolute atomic E-state index is 14.1. The third kappa shape index (κ3) is 6.75. The number of carbonyl (C=O) groups excluding carboxylic acids is 1. The van der Waals surface area contributed by atoms with Crippen LogP contribution < -0.4 is 5.43 Å². The Morgan fingerprint density at radius 2 is 1.80 bits per heavy atom. The van der Waals surface area contributed by atoms with Crippen molar-refractivity contribution in [1.29, 1.82) is 0 Å². The van der Waals surface area contributed by atoms with Crippen molar-refractivity contribution in [2.45, 2.75) is 83.2 Å². The Hall–Kier alpha value is -3.91. The number of amides is 1. The first-order valence-corrected chi connectivity index (χ1v) is 16.2. The Labute approximate surface area is 258 Å². The first-order valence-electron chi connectivity index (χ1n) is 16.2. The fraction of sp³-hybridized carbons (Fsp3) is 0.444. The highest BCUT2D eigenvalue weighted by molar-refractivity contribution is 5.94. The number of unbranched alkanes of at least 4 members (excludes halogenated alkanes) is 1. The first-order chi connectivity index (χ1) is 21.5. The molecule has 8 heteroatoms. The first kappa shape index (κ1) is 30.1. The zero-order chi connectivity index (χ0) is 30.5. The third-order valence-corrected chi connectivity index (χ3v) is 9.65. The van der Waals surface area contributed by atoms with E-state index in [4.69, 9.17) is 4.98 Å². The second-order valence-electron chi connectivity index (χ2n) is 12.6. The van der Waals surface area contributed by atoms with Crippen LogP contribution in [0.3, 0.4) is 0 Å². The molecule has 1 saturated carbocycles.